The number of hydrogen-bond donors (Lipinski definition) is 2. The Bertz CT molecular complexity index is 996. The molecule has 0 fully saturated rings. The molecule has 0 unspecified atom stereocenters. The number of fused-ring (bicyclic) bond motifs is 1. The molecule has 0 aliphatic carbocycles. The smallest absolute Gasteiger partial charge is 0.254 e. The second kappa shape index (κ2) is 7.49. The summed E-state index contributed by atoms with van der Waals surface area (Å²) in [5.74, 6) is -0.249. The third-order valence-corrected chi connectivity index (χ3v) is 4.57. The first kappa shape index (κ1) is 17.8. The standard InChI is InChI=1S/C20H21N3O3/c1-13-3-4-16-11-17(19(25)22-18(16)14(13)2)12-23(9-10-24)20(26)15-5-7-21-8-6-15/h3-8,11,24H,9-10,12H2,1-2H3,(H,22,25). The molecule has 0 radical (unpaired) electrons. The minimum Gasteiger partial charge on any atom is -0.395 e. The first-order valence-electron chi connectivity index (χ1n) is 8.43. The first-order valence-corrected chi connectivity index (χ1v) is 8.43. The van der Waals surface area contributed by atoms with Crippen molar-refractivity contribution in [1.29, 1.82) is 0 Å². The van der Waals surface area contributed by atoms with Gasteiger partial charge in [-0.3, -0.25) is 14.6 Å². The van der Waals surface area contributed by atoms with E-state index in [0.29, 0.717) is 11.1 Å². The van der Waals surface area contributed by atoms with Crippen molar-refractivity contribution in [1.82, 2.24) is 14.9 Å². The van der Waals surface area contributed by atoms with Gasteiger partial charge < -0.3 is 15.0 Å². The molecule has 6 heteroatoms. The van der Waals surface area contributed by atoms with Crippen LogP contribution >= 0.6 is 0 Å². The second-order valence-electron chi connectivity index (χ2n) is 6.28. The zero-order valence-corrected chi connectivity index (χ0v) is 14.8. The molecule has 2 aromatic heterocycles. The summed E-state index contributed by atoms with van der Waals surface area (Å²) in [6, 6.07) is 9.00. The molecule has 0 atom stereocenters. The van der Waals surface area contributed by atoms with Crippen LogP contribution in [-0.4, -0.2) is 39.0 Å². The van der Waals surface area contributed by atoms with Gasteiger partial charge in [0.1, 0.15) is 0 Å². The number of aromatic nitrogens is 2. The zero-order valence-electron chi connectivity index (χ0n) is 14.8. The Labute approximate surface area is 151 Å². The molecule has 0 spiro atoms. The van der Waals surface area contributed by atoms with Gasteiger partial charge in [-0.15, -0.1) is 0 Å². The van der Waals surface area contributed by atoms with E-state index >= 15 is 0 Å². The molecule has 2 N–H and O–H groups in total. The average molecular weight is 351 g/mol. The van der Waals surface area contributed by atoms with Crippen molar-refractivity contribution in [3.63, 3.8) is 0 Å². The van der Waals surface area contributed by atoms with E-state index in [0.717, 1.165) is 22.0 Å². The molecule has 0 bridgehead atoms. The predicted molar refractivity (Wildman–Crippen MR) is 100 cm³/mol. The van der Waals surface area contributed by atoms with Crippen molar-refractivity contribution < 1.29 is 9.90 Å². The van der Waals surface area contributed by atoms with Gasteiger partial charge >= 0.3 is 0 Å². The molecule has 3 aromatic rings. The van der Waals surface area contributed by atoms with E-state index in [9.17, 15) is 14.7 Å². The molecule has 6 nitrogen and oxygen atoms in total. The monoisotopic (exact) mass is 351 g/mol. The molecule has 1 amide bonds. The first-order chi connectivity index (χ1) is 12.5. The summed E-state index contributed by atoms with van der Waals surface area (Å²) in [4.78, 5) is 33.5. The summed E-state index contributed by atoms with van der Waals surface area (Å²) in [7, 11) is 0. The second-order valence-corrected chi connectivity index (χ2v) is 6.28. The van der Waals surface area contributed by atoms with Crippen LogP contribution in [0.5, 0.6) is 0 Å². The van der Waals surface area contributed by atoms with Crippen molar-refractivity contribution in [3.05, 3.63) is 75.3 Å². The molecule has 0 aliphatic heterocycles. The van der Waals surface area contributed by atoms with Crippen molar-refractivity contribution in [2.75, 3.05) is 13.2 Å². The number of benzene rings is 1. The third kappa shape index (κ3) is 3.50. The largest absolute Gasteiger partial charge is 0.395 e. The van der Waals surface area contributed by atoms with E-state index in [4.69, 9.17) is 0 Å². The highest BCUT2D eigenvalue weighted by molar-refractivity contribution is 5.94. The Kier molecular flexibility index (Phi) is 5.14. The maximum Gasteiger partial charge on any atom is 0.254 e. The Morgan fingerprint density at radius 1 is 1.19 bits per heavy atom. The number of rotatable bonds is 5. The summed E-state index contributed by atoms with van der Waals surface area (Å²) in [6.07, 6.45) is 3.08. The Hall–Kier alpha value is -2.99. The minimum absolute atomic E-state index is 0.125. The number of aliphatic hydroxyl groups excluding tert-OH is 1. The van der Waals surface area contributed by atoms with Crippen LogP contribution in [0.3, 0.4) is 0 Å². The number of carbonyl (C=O) groups excluding carboxylic acids is 1. The van der Waals surface area contributed by atoms with Gasteiger partial charge in [-0.05, 0) is 48.6 Å². The summed E-state index contributed by atoms with van der Waals surface area (Å²) in [6.45, 7) is 4.06. The molecule has 3 rings (SSSR count). The number of hydrogen-bond acceptors (Lipinski definition) is 4. The van der Waals surface area contributed by atoms with Crippen LogP contribution in [0.4, 0.5) is 0 Å². The lowest BCUT2D eigenvalue weighted by Crippen LogP contribution is -2.35. The number of pyridine rings is 2. The summed E-state index contributed by atoms with van der Waals surface area (Å²) < 4.78 is 0. The Morgan fingerprint density at radius 3 is 2.62 bits per heavy atom. The zero-order chi connectivity index (χ0) is 18.7. The van der Waals surface area contributed by atoms with Crippen LogP contribution in [0, 0.1) is 13.8 Å². The Morgan fingerprint density at radius 2 is 1.92 bits per heavy atom. The van der Waals surface area contributed by atoms with E-state index in [-0.39, 0.29) is 31.2 Å². The third-order valence-electron chi connectivity index (χ3n) is 4.57. The highest BCUT2D eigenvalue weighted by Gasteiger charge is 2.17. The summed E-state index contributed by atoms with van der Waals surface area (Å²) in [5.41, 5.74) is 3.68. The average Bonchev–Trinajstić information content (AvgIpc) is 2.66. The van der Waals surface area contributed by atoms with Crippen molar-refractivity contribution in [2.24, 2.45) is 0 Å². The number of aliphatic hydroxyl groups is 1. The van der Waals surface area contributed by atoms with Gasteiger partial charge in [0.25, 0.3) is 11.5 Å². The van der Waals surface area contributed by atoms with Crippen molar-refractivity contribution >= 4 is 16.8 Å². The normalized spacial score (nSPS) is 10.9. The highest BCUT2D eigenvalue weighted by atomic mass is 16.3. The number of nitrogens with one attached hydrogen (secondary N) is 1. The molecule has 134 valence electrons. The number of nitrogens with zero attached hydrogens (tertiary/aromatic N) is 2. The molecule has 1 aromatic carbocycles. The molecule has 0 saturated heterocycles. The molecule has 2 heterocycles. The molecular formula is C20H21N3O3. The van der Waals surface area contributed by atoms with E-state index in [1.165, 1.54) is 17.3 Å². The van der Waals surface area contributed by atoms with Crippen LogP contribution in [-0.2, 0) is 6.54 Å². The topological polar surface area (TPSA) is 86.3 Å². The van der Waals surface area contributed by atoms with Crippen LogP contribution in [0.2, 0.25) is 0 Å². The number of aryl methyl sites for hydroxylation is 2. The number of aromatic amines is 1. The number of H-pyrrole nitrogens is 1. The van der Waals surface area contributed by atoms with Gasteiger partial charge in [0, 0.05) is 30.1 Å². The summed E-state index contributed by atoms with van der Waals surface area (Å²) >= 11 is 0. The van der Waals surface area contributed by atoms with Gasteiger partial charge in [-0.1, -0.05) is 12.1 Å². The molecule has 0 aliphatic rings. The van der Waals surface area contributed by atoms with Gasteiger partial charge in [0.2, 0.25) is 0 Å². The van der Waals surface area contributed by atoms with E-state index in [1.54, 1.807) is 12.1 Å². The molecule has 26 heavy (non-hydrogen) atoms. The number of amides is 1. The lowest BCUT2D eigenvalue weighted by Gasteiger charge is -2.22. The fraction of sp³-hybridized carbons (Fsp3) is 0.250. The van der Waals surface area contributed by atoms with Crippen molar-refractivity contribution in [3.8, 4) is 0 Å². The summed E-state index contributed by atoms with van der Waals surface area (Å²) in [5, 5.41) is 10.2. The lowest BCUT2D eigenvalue weighted by atomic mass is 10.0. The highest BCUT2D eigenvalue weighted by Crippen LogP contribution is 2.19. The van der Waals surface area contributed by atoms with Gasteiger partial charge in [-0.25, -0.2) is 0 Å². The van der Waals surface area contributed by atoms with Crippen LogP contribution in [0.15, 0.2) is 47.5 Å². The minimum atomic E-state index is -0.249. The lowest BCUT2D eigenvalue weighted by molar-refractivity contribution is 0.0707. The van der Waals surface area contributed by atoms with Gasteiger partial charge in [-0.2, -0.15) is 0 Å². The predicted octanol–water partition coefficient (Wildman–Crippen LogP) is 2.17. The van der Waals surface area contributed by atoms with E-state index in [1.807, 2.05) is 32.0 Å². The van der Waals surface area contributed by atoms with E-state index in [2.05, 4.69) is 9.97 Å². The van der Waals surface area contributed by atoms with Gasteiger partial charge in [0.05, 0.1) is 18.7 Å². The Balaban J connectivity index is 1.97. The molecular weight excluding hydrogens is 330 g/mol. The van der Waals surface area contributed by atoms with Crippen LogP contribution in [0.1, 0.15) is 27.0 Å². The fourth-order valence-electron chi connectivity index (χ4n) is 2.94. The SMILES string of the molecule is Cc1ccc2cc(CN(CCO)C(=O)c3ccncc3)c(=O)[nH]c2c1C. The van der Waals surface area contributed by atoms with Gasteiger partial charge in [0.15, 0.2) is 0 Å². The van der Waals surface area contributed by atoms with E-state index < -0.39 is 0 Å². The quantitative estimate of drug-likeness (QED) is 0.738. The maximum atomic E-state index is 12.7. The maximum absolute atomic E-state index is 12.7. The van der Waals surface area contributed by atoms with Crippen LogP contribution in [0.25, 0.3) is 10.9 Å². The number of carbonyl (C=O) groups is 1. The molecule has 0 saturated carbocycles. The van der Waals surface area contributed by atoms with Crippen LogP contribution < -0.4 is 5.56 Å². The van der Waals surface area contributed by atoms with Crippen molar-refractivity contribution in [2.45, 2.75) is 20.4 Å². The fourth-order valence-corrected chi connectivity index (χ4v) is 2.94.